The fraction of sp³-hybridized carbons (Fsp3) is 0.571. The van der Waals surface area contributed by atoms with E-state index in [0.717, 1.165) is 5.75 Å². The van der Waals surface area contributed by atoms with Crippen LogP contribution in [0.2, 0.25) is 0 Å². The number of nitrogens with two attached hydrogens (primary N) is 1. The fourth-order valence-corrected chi connectivity index (χ4v) is 1.77. The minimum atomic E-state index is 0.0973. The van der Waals surface area contributed by atoms with Crippen molar-refractivity contribution in [3.8, 4) is 5.75 Å². The van der Waals surface area contributed by atoms with Crippen LogP contribution >= 0.6 is 0 Å². The van der Waals surface area contributed by atoms with Crippen molar-refractivity contribution in [2.24, 2.45) is 11.7 Å². The van der Waals surface area contributed by atoms with Gasteiger partial charge in [-0.05, 0) is 37.8 Å². The number of hydrogen-bond acceptors (Lipinski definition) is 2. The molecular formula is C14H23NO. The number of hydrogen-bond donors (Lipinski definition) is 1. The van der Waals surface area contributed by atoms with Gasteiger partial charge in [-0.25, -0.2) is 0 Å². The standard InChI is InChI=1S/C14H23NO/c1-9(2)13(15)8-16-14-11(4)6-10(3)7-12(14)5/h6-7,9,13H,8,15H2,1-5H3/t13-/m1/s1. The molecule has 0 saturated heterocycles. The molecule has 2 heteroatoms. The average molecular weight is 221 g/mol. The largest absolute Gasteiger partial charge is 0.491 e. The van der Waals surface area contributed by atoms with E-state index in [1.807, 2.05) is 0 Å². The van der Waals surface area contributed by atoms with Crippen molar-refractivity contribution >= 4 is 0 Å². The number of benzene rings is 1. The molecule has 0 radical (unpaired) electrons. The minimum Gasteiger partial charge on any atom is -0.491 e. The maximum Gasteiger partial charge on any atom is 0.125 e. The van der Waals surface area contributed by atoms with Gasteiger partial charge in [0.25, 0.3) is 0 Å². The van der Waals surface area contributed by atoms with Gasteiger partial charge in [-0.15, -0.1) is 0 Å². The Hall–Kier alpha value is -1.02. The van der Waals surface area contributed by atoms with Gasteiger partial charge in [0.2, 0.25) is 0 Å². The molecule has 0 aromatic heterocycles. The maximum absolute atomic E-state index is 5.97. The first kappa shape index (κ1) is 13.0. The highest BCUT2D eigenvalue weighted by Crippen LogP contribution is 2.24. The van der Waals surface area contributed by atoms with Crippen molar-refractivity contribution < 1.29 is 4.74 Å². The third kappa shape index (κ3) is 3.24. The van der Waals surface area contributed by atoms with Gasteiger partial charge in [0.1, 0.15) is 12.4 Å². The molecule has 2 nitrogen and oxygen atoms in total. The third-order valence-corrected chi connectivity index (χ3v) is 2.88. The monoisotopic (exact) mass is 221 g/mol. The van der Waals surface area contributed by atoms with E-state index in [2.05, 4.69) is 46.8 Å². The Balaban J connectivity index is 2.74. The Morgan fingerprint density at radius 2 is 1.62 bits per heavy atom. The van der Waals surface area contributed by atoms with E-state index in [-0.39, 0.29) is 6.04 Å². The number of aryl methyl sites for hydroxylation is 3. The van der Waals surface area contributed by atoms with Gasteiger partial charge in [-0.3, -0.25) is 0 Å². The third-order valence-electron chi connectivity index (χ3n) is 2.88. The summed E-state index contributed by atoms with van der Waals surface area (Å²) in [5, 5.41) is 0. The Morgan fingerprint density at radius 1 is 1.12 bits per heavy atom. The lowest BCUT2D eigenvalue weighted by Crippen LogP contribution is -2.33. The van der Waals surface area contributed by atoms with Crippen LogP contribution in [0.3, 0.4) is 0 Å². The lowest BCUT2D eigenvalue weighted by atomic mass is 10.1. The van der Waals surface area contributed by atoms with Gasteiger partial charge < -0.3 is 10.5 Å². The Morgan fingerprint density at radius 3 is 2.06 bits per heavy atom. The van der Waals surface area contributed by atoms with Gasteiger partial charge >= 0.3 is 0 Å². The van der Waals surface area contributed by atoms with Gasteiger partial charge in [0, 0.05) is 6.04 Å². The second-order valence-electron chi connectivity index (χ2n) is 4.95. The molecule has 0 bridgehead atoms. The van der Waals surface area contributed by atoms with Crippen LogP contribution in [0.15, 0.2) is 12.1 Å². The van der Waals surface area contributed by atoms with E-state index in [1.54, 1.807) is 0 Å². The predicted octanol–water partition coefficient (Wildman–Crippen LogP) is 2.97. The number of ether oxygens (including phenoxy) is 1. The van der Waals surface area contributed by atoms with Crippen molar-refractivity contribution in [2.75, 3.05) is 6.61 Å². The first-order valence-corrected chi connectivity index (χ1v) is 5.88. The van der Waals surface area contributed by atoms with E-state index < -0.39 is 0 Å². The van der Waals surface area contributed by atoms with Crippen molar-refractivity contribution in [3.05, 3.63) is 28.8 Å². The van der Waals surface area contributed by atoms with Crippen LogP contribution in [-0.4, -0.2) is 12.6 Å². The van der Waals surface area contributed by atoms with E-state index in [9.17, 15) is 0 Å². The summed E-state index contributed by atoms with van der Waals surface area (Å²) in [6.45, 7) is 11.1. The highest BCUT2D eigenvalue weighted by Gasteiger charge is 2.10. The van der Waals surface area contributed by atoms with Crippen molar-refractivity contribution in [2.45, 2.75) is 40.7 Å². The van der Waals surface area contributed by atoms with E-state index in [1.165, 1.54) is 16.7 Å². The summed E-state index contributed by atoms with van der Waals surface area (Å²) in [4.78, 5) is 0. The summed E-state index contributed by atoms with van der Waals surface area (Å²) in [6.07, 6.45) is 0. The molecule has 90 valence electrons. The summed E-state index contributed by atoms with van der Waals surface area (Å²) in [6, 6.07) is 4.38. The molecule has 1 atom stereocenters. The molecule has 0 aliphatic heterocycles. The molecule has 0 unspecified atom stereocenters. The molecule has 1 rings (SSSR count). The van der Waals surface area contributed by atoms with Crippen LogP contribution in [-0.2, 0) is 0 Å². The van der Waals surface area contributed by atoms with Gasteiger partial charge in [0.15, 0.2) is 0 Å². The van der Waals surface area contributed by atoms with Crippen molar-refractivity contribution in [3.63, 3.8) is 0 Å². The van der Waals surface area contributed by atoms with Crippen LogP contribution in [0.4, 0.5) is 0 Å². The summed E-state index contributed by atoms with van der Waals surface area (Å²) in [7, 11) is 0. The first-order chi connectivity index (χ1) is 7.41. The SMILES string of the molecule is Cc1cc(C)c(OC[C@@H](N)C(C)C)c(C)c1. The van der Waals surface area contributed by atoms with Crippen LogP contribution in [0.25, 0.3) is 0 Å². The number of rotatable bonds is 4. The molecule has 2 N–H and O–H groups in total. The second-order valence-corrected chi connectivity index (χ2v) is 4.95. The van der Waals surface area contributed by atoms with Gasteiger partial charge in [-0.2, -0.15) is 0 Å². The smallest absolute Gasteiger partial charge is 0.125 e. The van der Waals surface area contributed by atoms with Crippen LogP contribution in [0.1, 0.15) is 30.5 Å². The molecule has 0 spiro atoms. The molecule has 0 amide bonds. The molecule has 0 fully saturated rings. The molecular weight excluding hydrogens is 198 g/mol. The predicted molar refractivity (Wildman–Crippen MR) is 69.0 cm³/mol. The Kier molecular flexibility index (Phi) is 4.36. The molecule has 0 aliphatic carbocycles. The molecule has 0 heterocycles. The topological polar surface area (TPSA) is 35.2 Å². The quantitative estimate of drug-likeness (QED) is 0.848. The Bertz CT molecular complexity index is 335. The zero-order valence-corrected chi connectivity index (χ0v) is 11.0. The van der Waals surface area contributed by atoms with Crippen molar-refractivity contribution in [1.82, 2.24) is 0 Å². The van der Waals surface area contributed by atoms with Gasteiger partial charge in [-0.1, -0.05) is 31.5 Å². The van der Waals surface area contributed by atoms with Crippen LogP contribution in [0.5, 0.6) is 5.75 Å². The molecule has 0 aliphatic rings. The Labute approximate surface area is 98.8 Å². The normalized spacial score (nSPS) is 12.9. The van der Waals surface area contributed by atoms with E-state index in [0.29, 0.717) is 12.5 Å². The summed E-state index contributed by atoms with van der Waals surface area (Å²) >= 11 is 0. The summed E-state index contributed by atoms with van der Waals surface area (Å²) < 4.78 is 5.82. The van der Waals surface area contributed by atoms with Crippen molar-refractivity contribution in [1.29, 1.82) is 0 Å². The van der Waals surface area contributed by atoms with Crippen LogP contribution in [0, 0.1) is 26.7 Å². The summed E-state index contributed by atoms with van der Waals surface area (Å²) in [5.41, 5.74) is 9.62. The van der Waals surface area contributed by atoms with E-state index in [4.69, 9.17) is 10.5 Å². The first-order valence-electron chi connectivity index (χ1n) is 5.88. The maximum atomic E-state index is 5.97. The molecule has 1 aromatic rings. The zero-order chi connectivity index (χ0) is 12.3. The highest BCUT2D eigenvalue weighted by molar-refractivity contribution is 5.42. The minimum absolute atomic E-state index is 0.0973. The second kappa shape index (κ2) is 5.35. The molecule has 1 aromatic carbocycles. The summed E-state index contributed by atoms with van der Waals surface area (Å²) in [5.74, 6) is 1.44. The zero-order valence-electron chi connectivity index (χ0n) is 11.0. The lowest BCUT2D eigenvalue weighted by Gasteiger charge is -2.19. The van der Waals surface area contributed by atoms with Gasteiger partial charge in [0.05, 0.1) is 0 Å². The highest BCUT2D eigenvalue weighted by atomic mass is 16.5. The lowest BCUT2D eigenvalue weighted by molar-refractivity contribution is 0.257. The molecule has 0 saturated carbocycles. The van der Waals surface area contributed by atoms with Crippen LogP contribution < -0.4 is 10.5 Å². The average Bonchev–Trinajstić information content (AvgIpc) is 2.15. The fourth-order valence-electron chi connectivity index (χ4n) is 1.77. The molecule has 16 heavy (non-hydrogen) atoms. The van der Waals surface area contributed by atoms with E-state index >= 15 is 0 Å².